The number of hydrogen-bond donors (Lipinski definition) is 2. The van der Waals surface area contributed by atoms with Gasteiger partial charge in [0.2, 0.25) is 5.91 Å². The molecule has 0 bridgehead atoms. The number of piperazine rings is 1. The minimum Gasteiger partial charge on any atom is -0.343 e. The average Bonchev–Trinajstić information content (AvgIpc) is 3.04. The third-order valence-electron chi connectivity index (χ3n) is 8.24. The van der Waals surface area contributed by atoms with E-state index in [0.29, 0.717) is 24.6 Å². The number of likely N-dealkylation sites (tertiary alicyclic amines) is 1. The van der Waals surface area contributed by atoms with Gasteiger partial charge >= 0.3 is 0 Å². The van der Waals surface area contributed by atoms with Gasteiger partial charge in [-0.25, -0.2) is 8.42 Å². The number of carbonyl (C=O) groups excluding carboxylic acids is 3. The van der Waals surface area contributed by atoms with E-state index >= 15 is 0 Å². The Morgan fingerprint density at radius 2 is 1.50 bits per heavy atom. The predicted molar refractivity (Wildman–Crippen MR) is 169 cm³/mol. The first-order valence-corrected chi connectivity index (χ1v) is 16.5. The molecule has 5 rings (SSSR count). The lowest BCUT2D eigenvalue weighted by atomic mass is 9.97. The van der Waals surface area contributed by atoms with Crippen LogP contribution < -0.4 is 10.0 Å². The fourth-order valence-corrected chi connectivity index (χ4v) is 6.92. The first-order chi connectivity index (χ1) is 21.2. The van der Waals surface area contributed by atoms with Crippen LogP contribution in [0.4, 0.5) is 5.69 Å². The van der Waals surface area contributed by atoms with E-state index in [4.69, 9.17) is 0 Å². The van der Waals surface area contributed by atoms with Crippen molar-refractivity contribution in [3.8, 4) is 0 Å². The zero-order valence-electron chi connectivity index (χ0n) is 24.9. The molecule has 2 fully saturated rings. The molecule has 44 heavy (non-hydrogen) atoms. The number of anilines is 1. The van der Waals surface area contributed by atoms with Gasteiger partial charge in [0.1, 0.15) is 0 Å². The van der Waals surface area contributed by atoms with Crippen molar-refractivity contribution in [3.63, 3.8) is 0 Å². The Morgan fingerprint density at radius 1 is 0.818 bits per heavy atom. The maximum atomic E-state index is 13.2. The lowest BCUT2D eigenvalue weighted by molar-refractivity contribution is -0.131. The van der Waals surface area contributed by atoms with Crippen LogP contribution in [0.25, 0.3) is 0 Å². The van der Waals surface area contributed by atoms with E-state index in [1.807, 2.05) is 0 Å². The summed E-state index contributed by atoms with van der Waals surface area (Å²) in [5, 5.41) is 2.66. The third kappa shape index (κ3) is 7.90. The third-order valence-corrected chi connectivity index (χ3v) is 9.62. The van der Waals surface area contributed by atoms with Gasteiger partial charge in [0.15, 0.2) is 5.78 Å². The van der Waals surface area contributed by atoms with Gasteiger partial charge < -0.3 is 15.1 Å². The average molecular weight is 618 g/mol. The van der Waals surface area contributed by atoms with Crippen LogP contribution in [0.5, 0.6) is 0 Å². The second kappa shape index (κ2) is 14.1. The molecule has 2 heterocycles. The molecule has 10 nitrogen and oxygen atoms in total. The van der Waals surface area contributed by atoms with E-state index in [1.165, 1.54) is 49.7 Å². The van der Waals surface area contributed by atoms with Crippen molar-refractivity contribution in [2.45, 2.75) is 17.7 Å². The first kappa shape index (κ1) is 31.4. The number of rotatable bonds is 10. The van der Waals surface area contributed by atoms with Gasteiger partial charge in [-0.2, -0.15) is 0 Å². The molecule has 2 aliphatic rings. The molecule has 3 aromatic rings. The number of hydrogen-bond acceptors (Lipinski definition) is 7. The van der Waals surface area contributed by atoms with Crippen LogP contribution in [0, 0.1) is 5.92 Å². The second-order valence-corrected chi connectivity index (χ2v) is 13.2. The van der Waals surface area contributed by atoms with Gasteiger partial charge in [-0.1, -0.05) is 42.5 Å². The van der Waals surface area contributed by atoms with Gasteiger partial charge in [-0.15, -0.1) is 0 Å². The van der Waals surface area contributed by atoms with Gasteiger partial charge in [0, 0.05) is 56.0 Å². The summed E-state index contributed by atoms with van der Waals surface area (Å²) < 4.78 is 28.8. The number of benzene rings is 3. The molecule has 0 radical (unpaired) electrons. The van der Waals surface area contributed by atoms with E-state index in [2.05, 4.69) is 26.9 Å². The van der Waals surface area contributed by atoms with Crippen molar-refractivity contribution in [2.75, 3.05) is 64.1 Å². The molecule has 0 saturated carbocycles. The molecule has 1 atom stereocenters. The standard InChI is InChI=1S/C33H39N5O5S/c1-36-17-7-8-25(23-36)24-37-18-20-38(21-19-37)31(39)22-34-33(41)27-13-15-28(16-14-27)44(42,43)35-30-12-6-5-11-29(30)32(40)26-9-3-2-4-10-26/h2-6,9-16,25,35H,7-8,17-24H2,1H3,(H,34,41). The maximum Gasteiger partial charge on any atom is 0.261 e. The highest BCUT2D eigenvalue weighted by Gasteiger charge is 2.25. The van der Waals surface area contributed by atoms with E-state index in [0.717, 1.165) is 26.2 Å². The molecule has 0 aliphatic carbocycles. The lowest BCUT2D eigenvalue weighted by Crippen LogP contribution is -2.52. The van der Waals surface area contributed by atoms with Crippen LogP contribution >= 0.6 is 0 Å². The van der Waals surface area contributed by atoms with Crippen LogP contribution in [0.15, 0.2) is 83.8 Å². The largest absolute Gasteiger partial charge is 0.343 e. The molecular formula is C33H39N5O5S. The summed E-state index contributed by atoms with van der Waals surface area (Å²) in [7, 11) is -1.88. The van der Waals surface area contributed by atoms with Crippen LogP contribution in [-0.2, 0) is 14.8 Å². The number of para-hydroxylation sites is 1. The highest BCUT2D eigenvalue weighted by molar-refractivity contribution is 7.92. The molecule has 2 amide bonds. The molecule has 2 N–H and O–H groups in total. The minimum atomic E-state index is -4.05. The van der Waals surface area contributed by atoms with E-state index in [1.54, 1.807) is 53.4 Å². The van der Waals surface area contributed by atoms with Gasteiger partial charge in [0.25, 0.3) is 15.9 Å². The van der Waals surface area contributed by atoms with Gasteiger partial charge in [-0.3, -0.25) is 24.0 Å². The van der Waals surface area contributed by atoms with Crippen LogP contribution in [0.3, 0.4) is 0 Å². The topological polar surface area (TPSA) is 119 Å². The molecule has 3 aromatic carbocycles. The molecular weight excluding hydrogens is 578 g/mol. The van der Waals surface area contributed by atoms with Crippen molar-refractivity contribution in [2.24, 2.45) is 5.92 Å². The summed E-state index contributed by atoms with van der Waals surface area (Å²) in [6.45, 7) is 6.15. The Morgan fingerprint density at radius 3 is 2.20 bits per heavy atom. The predicted octanol–water partition coefficient (Wildman–Crippen LogP) is 2.93. The SMILES string of the molecule is CN1CCCC(CN2CCN(C(=O)CNC(=O)c3ccc(S(=O)(=O)Nc4ccccc4C(=O)c4ccccc4)cc3)CC2)C1. The number of amides is 2. The van der Waals surface area contributed by atoms with E-state index in [9.17, 15) is 22.8 Å². The van der Waals surface area contributed by atoms with Crippen LogP contribution in [0.1, 0.15) is 39.1 Å². The Kier molecular flexibility index (Phi) is 10.1. The normalized spacial score (nSPS) is 18.0. The van der Waals surface area contributed by atoms with E-state index < -0.39 is 15.9 Å². The maximum absolute atomic E-state index is 13.2. The number of carbonyl (C=O) groups is 3. The summed E-state index contributed by atoms with van der Waals surface area (Å²) in [6, 6.07) is 20.5. The summed E-state index contributed by atoms with van der Waals surface area (Å²) in [5.74, 6) is -0.233. The molecule has 0 spiro atoms. The van der Waals surface area contributed by atoms with Gasteiger partial charge in [0.05, 0.1) is 17.1 Å². The first-order valence-electron chi connectivity index (χ1n) is 15.0. The van der Waals surface area contributed by atoms with E-state index in [-0.39, 0.29) is 39.9 Å². The molecule has 2 aliphatic heterocycles. The Bertz CT molecular complexity index is 1570. The van der Waals surface area contributed by atoms with Crippen molar-refractivity contribution < 1.29 is 22.8 Å². The lowest BCUT2D eigenvalue weighted by Gasteiger charge is -2.38. The zero-order chi connectivity index (χ0) is 31.1. The number of ketones is 1. The van der Waals surface area contributed by atoms with Crippen molar-refractivity contribution >= 4 is 33.3 Å². The molecule has 1 unspecified atom stereocenters. The summed E-state index contributed by atoms with van der Waals surface area (Å²) >= 11 is 0. The van der Waals surface area contributed by atoms with Crippen molar-refractivity contribution in [1.82, 2.24) is 20.0 Å². The monoisotopic (exact) mass is 617 g/mol. The van der Waals surface area contributed by atoms with Crippen molar-refractivity contribution in [1.29, 1.82) is 0 Å². The Labute approximate surface area is 259 Å². The highest BCUT2D eigenvalue weighted by Crippen LogP contribution is 2.23. The number of sulfonamides is 1. The fourth-order valence-electron chi connectivity index (χ4n) is 5.84. The summed E-state index contributed by atoms with van der Waals surface area (Å²) in [5.41, 5.74) is 1.06. The smallest absolute Gasteiger partial charge is 0.261 e. The van der Waals surface area contributed by atoms with Crippen molar-refractivity contribution in [3.05, 3.63) is 95.6 Å². The Hall–Kier alpha value is -4.06. The molecule has 0 aromatic heterocycles. The summed E-state index contributed by atoms with van der Waals surface area (Å²) in [6.07, 6.45) is 2.49. The van der Waals surface area contributed by atoms with Crippen LogP contribution in [-0.4, -0.2) is 100 Å². The van der Waals surface area contributed by atoms with Crippen LogP contribution in [0.2, 0.25) is 0 Å². The second-order valence-electron chi connectivity index (χ2n) is 11.5. The molecule has 232 valence electrons. The van der Waals surface area contributed by atoms with Gasteiger partial charge in [-0.05, 0) is 68.8 Å². The number of piperidine rings is 1. The zero-order valence-corrected chi connectivity index (χ0v) is 25.8. The minimum absolute atomic E-state index is 0.0650. The number of nitrogens with one attached hydrogen (secondary N) is 2. The summed E-state index contributed by atoms with van der Waals surface area (Å²) in [4.78, 5) is 45.1. The highest BCUT2D eigenvalue weighted by atomic mass is 32.2. The Balaban J connectivity index is 1.12. The fraction of sp³-hybridized carbons (Fsp3) is 0.364. The quantitative estimate of drug-likeness (QED) is 0.336. The molecule has 11 heteroatoms. The molecule has 2 saturated heterocycles. The number of nitrogens with zero attached hydrogens (tertiary/aromatic N) is 3.